The third-order valence-electron chi connectivity index (χ3n) is 4.70. The van der Waals surface area contributed by atoms with E-state index in [2.05, 4.69) is 50.3 Å². The van der Waals surface area contributed by atoms with Crippen molar-refractivity contribution in [2.24, 2.45) is 4.99 Å². The van der Waals surface area contributed by atoms with Crippen LogP contribution in [0, 0.1) is 0 Å². The SMILES string of the molecule is CN=C(NCCc1cccc(C(=O)NC)c1)NCc1cccc(Cn2cccn2)c1.I. The number of hydrogen-bond donors (Lipinski definition) is 3. The van der Waals surface area contributed by atoms with Gasteiger partial charge < -0.3 is 16.0 Å². The number of carbonyl (C=O) groups is 1. The van der Waals surface area contributed by atoms with Gasteiger partial charge in [0.05, 0.1) is 6.54 Å². The summed E-state index contributed by atoms with van der Waals surface area (Å²) >= 11 is 0. The first-order valence-electron chi connectivity index (χ1n) is 9.98. The monoisotopic (exact) mass is 532 g/mol. The van der Waals surface area contributed by atoms with Crippen LogP contribution in [0.4, 0.5) is 0 Å². The highest BCUT2D eigenvalue weighted by atomic mass is 127. The van der Waals surface area contributed by atoms with Crippen LogP contribution in [0.5, 0.6) is 0 Å². The van der Waals surface area contributed by atoms with Gasteiger partial charge in [-0.25, -0.2) is 0 Å². The van der Waals surface area contributed by atoms with Crippen molar-refractivity contribution < 1.29 is 4.79 Å². The lowest BCUT2D eigenvalue weighted by Crippen LogP contribution is -2.37. The van der Waals surface area contributed by atoms with Crippen molar-refractivity contribution in [3.63, 3.8) is 0 Å². The Kier molecular flexibility index (Phi) is 10.0. The lowest BCUT2D eigenvalue weighted by Gasteiger charge is -2.13. The highest BCUT2D eigenvalue weighted by Gasteiger charge is 2.04. The van der Waals surface area contributed by atoms with E-state index in [4.69, 9.17) is 0 Å². The van der Waals surface area contributed by atoms with E-state index in [-0.39, 0.29) is 29.9 Å². The molecule has 0 aliphatic carbocycles. The second-order valence-corrected chi connectivity index (χ2v) is 6.91. The number of hydrogen-bond acceptors (Lipinski definition) is 3. The number of aliphatic imine (C=N–C) groups is 1. The average Bonchev–Trinajstić information content (AvgIpc) is 3.29. The van der Waals surface area contributed by atoms with E-state index in [1.54, 1.807) is 20.3 Å². The number of rotatable bonds is 8. The van der Waals surface area contributed by atoms with Crippen molar-refractivity contribution in [3.8, 4) is 0 Å². The van der Waals surface area contributed by atoms with Gasteiger partial charge in [0.15, 0.2) is 5.96 Å². The van der Waals surface area contributed by atoms with Crippen LogP contribution in [-0.2, 0) is 19.5 Å². The molecule has 0 unspecified atom stereocenters. The normalized spacial score (nSPS) is 10.8. The summed E-state index contributed by atoms with van der Waals surface area (Å²) < 4.78 is 1.91. The Morgan fingerprint density at radius 1 is 1.03 bits per heavy atom. The molecule has 3 N–H and O–H groups in total. The van der Waals surface area contributed by atoms with Gasteiger partial charge in [-0.3, -0.25) is 14.5 Å². The third-order valence-corrected chi connectivity index (χ3v) is 4.70. The minimum absolute atomic E-state index is 0. The molecule has 0 radical (unpaired) electrons. The van der Waals surface area contributed by atoms with Crippen molar-refractivity contribution in [2.45, 2.75) is 19.5 Å². The summed E-state index contributed by atoms with van der Waals surface area (Å²) in [5.74, 6) is 0.673. The zero-order valence-electron chi connectivity index (χ0n) is 17.8. The number of halogens is 1. The molecule has 0 saturated heterocycles. The first-order valence-corrected chi connectivity index (χ1v) is 9.98. The Bertz CT molecular complexity index is 987. The Morgan fingerprint density at radius 3 is 2.55 bits per heavy atom. The smallest absolute Gasteiger partial charge is 0.251 e. The van der Waals surface area contributed by atoms with Crippen molar-refractivity contribution in [1.82, 2.24) is 25.7 Å². The fraction of sp³-hybridized carbons (Fsp3) is 0.261. The van der Waals surface area contributed by atoms with E-state index in [1.807, 2.05) is 41.2 Å². The van der Waals surface area contributed by atoms with Gasteiger partial charge in [0.2, 0.25) is 0 Å². The topological polar surface area (TPSA) is 83.3 Å². The first-order chi connectivity index (χ1) is 14.7. The summed E-state index contributed by atoms with van der Waals surface area (Å²) in [7, 11) is 3.40. The van der Waals surface area contributed by atoms with Gasteiger partial charge in [-0.1, -0.05) is 36.4 Å². The summed E-state index contributed by atoms with van der Waals surface area (Å²) in [6.45, 7) is 2.15. The zero-order chi connectivity index (χ0) is 21.2. The minimum Gasteiger partial charge on any atom is -0.356 e. The maximum atomic E-state index is 11.8. The van der Waals surface area contributed by atoms with Crippen molar-refractivity contribution in [1.29, 1.82) is 0 Å². The van der Waals surface area contributed by atoms with Crippen LogP contribution in [0.15, 0.2) is 72.0 Å². The van der Waals surface area contributed by atoms with E-state index < -0.39 is 0 Å². The molecule has 164 valence electrons. The van der Waals surface area contributed by atoms with Gasteiger partial charge in [0.25, 0.3) is 5.91 Å². The molecule has 1 aromatic heterocycles. The minimum atomic E-state index is -0.0722. The van der Waals surface area contributed by atoms with Crippen molar-refractivity contribution >= 4 is 35.8 Å². The molecule has 1 heterocycles. The van der Waals surface area contributed by atoms with Crippen molar-refractivity contribution in [2.75, 3.05) is 20.6 Å². The number of benzene rings is 2. The summed E-state index contributed by atoms with van der Waals surface area (Å²) in [5.41, 5.74) is 4.16. The van der Waals surface area contributed by atoms with Gasteiger partial charge in [-0.05, 0) is 41.3 Å². The molecule has 0 aliphatic heterocycles. The fourth-order valence-electron chi connectivity index (χ4n) is 3.16. The average molecular weight is 532 g/mol. The van der Waals surface area contributed by atoms with E-state index in [0.717, 1.165) is 31.0 Å². The number of nitrogens with zero attached hydrogens (tertiary/aromatic N) is 3. The molecular weight excluding hydrogens is 503 g/mol. The second-order valence-electron chi connectivity index (χ2n) is 6.91. The van der Waals surface area contributed by atoms with Crippen LogP contribution < -0.4 is 16.0 Å². The molecule has 31 heavy (non-hydrogen) atoms. The zero-order valence-corrected chi connectivity index (χ0v) is 20.2. The summed E-state index contributed by atoms with van der Waals surface area (Å²) in [5, 5.41) is 13.6. The van der Waals surface area contributed by atoms with Gasteiger partial charge >= 0.3 is 0 Å². The van der Waals surface area contributed by atoms with Gasteiger partial charge in [-0.15, -0.1) is 24.0 Å². The Morgan fingerprint density at radius 2 is 1.81 bits per heavy atom. The van der Waals surface area contributed by atoms with E-state index >= 15 is 0 Å². The molecule has 1 amide bonds. The van der Waals surface area contributed by atoms with E-state index in [1.165, 1.54) is 11.1 Å². The Hall–Kier alpha value is -2.88. The number of carbonyl (C=O) groups excluding carboxylic acids is 1. The highest BCUT2D eigenvalue weighted by molar-refractivity contribution is 14.0. The molecule has 0 fully saturated rings. The van der Waals surface area contributed by atoms with Gasteiger partial charge in [0, 0.05) is 45.1 Å². The van der Waals surface area contributed by atoms with Crippen LogP contribution in [0.25, 0.3) is 0 Å². The van der Waals surface area contributed by atoms with Crippen molar-refractivity contribution in [3.05, 3.63) is 89.2 Å². The van der Waals surface area contributed by atoms with Gasteiger partial charge in [-0.2, -0.15) is 5.10 Å². The van der Waals surface area contributed by atoms with Crippen LogP contribution in [0.3, 0.4) is 0 Å². The lowest BCUT2D eigenvalue weighted by molar-refractivity contribution is 0.0963. The molecule has 7 nitrogen and oxygen atoms in total. The standard InChI is InChI=1S/C23H28N6O.HI/c1-24-22(30)21-9-4-6-18(15-21)10-12-26-23(25-2)27-16-19-7-3-8-20(14-19)17-29-13-5-11-28-29;/h3-9,11,13-15H,10,12,16-17H2,1-2H3,(H,24,30)(H2,25,26,27);1H. The Labute approximate surface area is 200 Å². The molecule has 0 atom stereocenters. The molecule has 3 aromatic rings. The number of guanidine groups is 1. The third kappa shape index (κ3) is 7.71. The molecule has 0 bridgehead atoms. The maximum absolute atomic E-state index is 11.8. The first kappa shape index (κ1) is 24.4. The molecular formula is C23H29IN6O. The number of aromatic nitrogens is 2. The predicted octanol–water partition coefficient (Wildman–Crippen LogP) is 2.82. The van der Waals surface area contributed by atoms with Crippen LogP contribution in [0.2, 0.25) is 0 Å². The Balaban J connectivity index is 0.00000341. The largest absolute Gasteiger partial charge is 0.356 e. The number of amides is 1. The molecule has 0 spiro atoms. The lowest BCUT2D eigenvalue weighted by atomic mass is 10.1. The fourth-order valence-corrected chi connectivity index (χ4v) is 3.16. The molecule has 0 aliphatic rings. The van der Waals surface area contributed by atoms with E-state index in [0.29, 0.717) is 12.1 Å². The molecule has 8 heteroatoms. The molecule has 3 rings (SSSR count). The van der Waals surface area contributed by atoms with Crippen LogP contribution in [-0.4, -0.2) is 42.3 Å². The summed E-state index contributed by atoms with van der Waals surface area (Å²) in [6.07, 6.45) is 4.54. The van der Waals surface area contributed by atoms with Crippen LogP contribution in [0.1, 0.15) is 27.0 Å². The second kappa shape index (κ2) is 12.7. The molecule has 2 aromatic carbocycles. The number of nitrogens with one attached hydrogen (secondary N) is 3. The summed E-state index contributed by atoms with van der Waals surface area (Å²) in [4.78, 5) is 16.1. The molecule has 0 saturated carbocycles. The summed E-state index contributed by atoms with van der Waals surface area (Å²) in [6, 6.07) is 18.0. The van der Waals surface area contributed by atoms with E-state index in [9.17, 15) is 4.79 Å². The van der Waals surface area contributed by atoms with Gasteiger partial charge in [0.1, 0.15) is 0 Å². The highest BCUT2D eigenvalue weighted by Crippen LogP contribution is 2.07. The predicted molar refractivity (Wildman–Crippen MR) is 135 cm³/mol. The quantitative estimate of drug-likeness (QED) is 0.237. The van der Waals surface area contributed by atoms with Crippen LogP contribution >= 0.6 is 24.0 Å². The maximum Gasteiger partial charge on any atom is 0.251 e.